The molecule has 1 N–H and O–H groups in total. The van der Waals surface area contributed by atoms with Gasteiger partial charge in [-0.25, -0.2) is 9.97 Å². The van der Waals surface area contributed by atoms with Gasteiger partial charge in [-0.1, -0.05) is 17.7 Å². The molecule has 158 valence electrons. The standard InChI is InChI=1S/C22H26ClN5O2/c23-18-5-4-16(20(26-18)28-10-8-22(6-7-22)9-11-28)25-21(29)17-2-1-3-19(24-17)27-12-14-30-15-13-27/h1-5H,6-15H2,(H,25,29). The van der Waals surface area contributed by atoms with Crippen molar-refractivity contribution in [2.24, 2.45) is 5.41 Å². The molecule has 0 unspecified atom stereocenters. The molecular formula is C22H26ClN5O2. The van der Waals surface area contributed by atoms with Crippen LogP contribution in [0.3, 0.4) is 0 Å². The lowest BCUT2D eigenvalue weighted by atomic mass is 9.94. The Kier molecular flexibility index (Phi) is 5.25. The molecule has 8 heteroatoms. The molecule has 1 amide bonds. The highest BCUT2D eigenvalue weighted by molar-refractivity contribution is 6.29. The smallest absolute Gasteiger partial charge is 0.274 e. The molecule has 4 heterocycles. The van der Waals surface area contributed by atoms with Crippen LogP contribution in [0.1, 0.15) is 36.2 Å². The summed E-state index contributed by atoms with van der Waals surface area (Å²) in [4.78, 5) is 26.5. The minimum absolute atomic E-state index is 0.244. The zero-order valence-electron chi connectivity index (χ0n) is 16.9. The summed E-state index contributed by atoms with van der Waals surface area (Å²) < 4.78 is 5.40. The van der Waals surface area contributed by atoms with E-state index in [4.69, 9.17) is 16.3 Å². The van der Waals surface area contributed by atoms with Crippen LogP contribution in [0.4, 0.5) is 17.3 Å². The van der Waals surface area contributed by atoms with Gasteiger partial charge in [-0.15, -0.1) is 0 Å². The first-order valence-electron chi connectivity index (χ1n) is 10.6. The predicted molar refractivity (Wildman–Crippen MR) is 118 cm³/mol. The minimum Gasteiger partial charge on any atom is -0.378 e. The molecule has 0 aromatic carbocycles. The fraction of sp³-hybridized carbons (Fsp3) is 0.500. The largest absolute Gasteiger partial charge is 0.378 e. The van der Waals surface area contributed by atoms with Crippen molar-refractivity contribution >= 4 is 34.8 Å². The molecule has 0 atom stereocenters. The second-order valence-corrected chi connectivity index (χ2v) is 8.81. The number of anilines is 3. The quantitative estimate of drug-likeness (QED) is 0.752. The van der Waals surface area contributed by atoms with E-state index in [0.717, 1.165) is 37.8 Å². The van der Waals surface area contributed by atoms with Crippen molar-refractivity contribution in [1.29, 1.82) is 0 Å². The first-order chi connectivity index (χ1) is 14.6. The van der Waals surface area contributed by atoms with Gasteiger partial charge >= 0.3 is 0 Å². The summed E-state index contributed by atoms with van der Waals surface area (Å²) in [6.45, 7) is 4.80. The number of hydrogen-bond donors (Lipinski definition) is 1. The van der Waals surface area contributed by atoms with Crippen LogP contribution in [-0.2, 0) is 4.74 Å². The van der Waals surface area contributed by atoms with Crippen LogP contribution < -0.4 is 15.1 Å². The van der Waals surface area contributed by atoms with Crippen LogP contribution in [0, 0.1) is 5.41 Å². The van der Waals surface area contributed by atoms with Gasteiger partial charge < -0.3 is 19.9 Å². The number of halogens is 1. The second kappa shape index (κ2) is 8.04. The summed E-state index contributed by atoms with van der Waals surface area (Å²) in [7, 11) is 0. The molecule has 30 heavy (non-hydrogen) atoms. The van der Waals surface area contributed by atoms with Crippen LogP contribution in [0.25, 0.3) is 0 Å². The third-order valence-corrected chi connectivity index (χ3v) is 6.68. The average molecular weight is 428 g/mol. The van der Waals surface area contributed by atoms with Gasteiger partial charge in [0, 0.05) is 26.2 Å². The zero-order chi connectivity index (χ0) is 20.6. The van der Waals surface area contributed by atoms with E-state index in [1.54, 1.807) is 12.1 Å². The maximum atomic E-state index is 13.0. The first kappa shape index (κ1) is 19.6. The van der Waals surface area contributed by atoms with E-state index < -0.39 is 0 Å². The van der Waals surface area contributed by atoms with Gasteiger partial charge in [-0.2, -0.15) is 0 Å². The molecule has 0 radical (unpaired) electrons. The number of carbonyl (C=O) groups is 1. The predicted octanol–water partition coefficient (Wildman–Crippen LogP) is 3.60. The van der Waals surface area contributed by atoms with E-state index in [2.05, 4.69) is 25.1 Å². The number of amides is 1. The lowest BCUT2D eigenvalue weighted by molar-refractivity contribution is 0.102. The highest BCUT2D eigenvalue weighted by atomic mass is 35.5. The van der Waals surface area contributed by atoms with Gasteiger partial charge in [0.05, 0.1) is 18.9 Å². The molecule has 3 aliphatic rings. The van der Waals surface area contributed by atoms with Crippen molar-refractivity contribution in [3.05, 3.63) is 41.2 Å². The number of nitrogens with one attached hydrogen (secondary N) is 1. The van der Waals surface area contributed by atoms with E-state index in [-0.39, 0.29) is 5.91 Å². The molecule has 2 aliphatic heterocycles. The van der Waals surface area contributed by atoms with Gasteiger partial charge in [0.2, 0.25) is 0 Å². The number of pyridine rings is 2. The third kappa shape index (κ3) is 4.09. The maximum absolute atomic E-state index is 13.0. The molecule has 1 saturated carbocycles. The Labute approximate surface area is 181 Å². The highest BCUT2D eigenvalue weighted by Crippen LogP contribution is 2.54. The highest BCUT2D eigenvalue weighted by Gasteiger charge is 2.44. The lowest BCUT2D eigenvalue weighted by Crippen LogP contribution is -2.37. The Morgan fingerprint density at radius 2 is 1.73 bits per heavy atom. The molecule has 2 aromatic heterocycles. The molecular weight excluding hydrogens is 402 g/mol. The molecule has 3 fully saturated rings. The van der Waals surface area contributed by atoms with E-state index in [1.165, 1.54) is 25.7 Å². The molecule has 7 nitrogen and oxygen atoms in total. The minimum atomic E-state index is -0.244. The van der Waals surface area contributed by atoms with Crippen molar-refractivity contribution in [3.63, 3.8) is 0 Å². The number of aromatic nitrogens is 2. The van der Waals surface area contributed by atoms with Crippen molar-refractivity contribution < 1.29 is 9.53 Å². The monoisotopic (exact) mass is 427 g/mol. The number of carbonyl (C=O) groups excluding carboxylic acids is 1. The number of rotatable bonds is 4. The van der Waals surface area contributed by atoms with Crippen molar-refractivity contribution in [2.75, 3.05) is 54.5 Å². The fourth-order valence-electron chi connectivity index (χ4n) is 4.34. The van der Waals surface area contributed by atoms with Crippen LogP contribution in [-0.4, -0.2) is 55.3 Å². The fourth-order valence-corrected chi connectivity index (χ4v) is 4.48. The summed E-state index contributed by atoms with van der Waals surface area (Å²) in [5.41, 5.74) is 1.63. The average Bonchev–Trinajstić information content (AvgIpc) is 3.55. The zero-order valence-corrected chi connectivity index (χ0v) is 17.7. The molecule has 2 saturated heterocycles. The normalized spacial score (nSPS) is 20.3. The van der Waals surface area contributed by atoms with E-state index >= 15 is 0 Å². The van der Waals surface area contributed by atoms with Crippen molar-refractivity contribution in [2.45, 2.75) is 25.7 Å². The SMILES string of the molecule is O=C(Nc1ccc(Cl)nc1N1CCC2(CC1)CC2)c1cccc(N2CCOCC2)n1. The van der Waals surface area contributed by atoms with E-state index in [9.17, 15) is 4.79 Å². The van der Waals surface area contributed by atoms with Gasteiger partial charge in [0.15, 0.2) is 5.82 Å². The summed E-state index contributed by atoms with van der Waals surface area (Å²) in [6, 6.07) is 9.08. The van der Waals surface area contributed by atoms with E-state index in [1.807, 2.05) is 18.2 Å². The number of nitrogens with zero attached hydrogens (tertiary/aromatic N) is 4. The maximum Gasteiger partial charge on any atom is 0.274 e. The number of ether oxygens (including phenoxy) is 1. The molecule has 5 rings (SSSR count). The summed E-state index contributed by atoms with van der Waals surface area (Å²) in [5, 5.41) is 3.44. The van der Waals surface area contributed by atoms with Gasteiger partial charge in [0.1, 0.15) is 16.7 Å². The second-order valence-electron chi connectivity index (χ2n) is 8.43. The molecule has 1 aliphatic carbocycles. The lowest BCUT2D eigenvalue weighted by Gasteiger charge is -2.34. The van der Waals surface area contributed by atoms with Crippen LogP contribution in [0.2, 0.25) is 5.15 Å². The third-order valence-electron chi connectivity index (χ3n) is 6.47. The topological polar surface area (TPSA) is 70.6 Å². The Morgan fingerprint density at radius 1 is 0.967 bits per heavy atom. The number of hydrogen-bond acceptors (Lipinski definition) is 6. The van der Waals surface area contributed by atoms with Crippen LogP contribution in [0.15, 0.2) is 30.3 Å². The first-order valence-corrected chi connectivity index (χ1v) is 11.0. The van der Waals surface area contributed by atoms with Crippen molar-refractivity contribution in [1.82, 2.24) is 9.97 Å². The van der Waals surface area contributed by atoms with Crippen LogP contribution >= 0.6 is 11.6 Å². The number of piperidine rings is 1. The van der Waals surface area contributed by atoms with Crippen LogP contribution in [0.5, 0.6) is 0 Å². The molecule has 0 bridgehead atoms. The Morgan fingerprint density at radius 3 is 2.47 bits per heavy atom. The number of morpholine rings is 1. The van der Waals surface area contributed by atoms with E-state index in [0.29, 0.717) is 35.2 Å². The summed E-state index contributed by atoms with van der Waals surface area (Å²) in [6.07, 6.45) is 5.05. The molecule has 2 aromatic rings. The van der Waals surface area contributed by atoms with Gasteiger partial charge in [0.25, 0.3) is 5.91 Å². The molecule has 1 spiro atoms. The van der Waals surface area contributed by atoms with Crippen molar-refractivity contribution in [3.8, 4) is 0 Å². The Balaban J connectivity index is 1.33. The summed E-state index contributed by atoms with van der Waals surface area (Å²) >= 11 is 6.19. The Bertz CT molecular complexity index is 933. The van der Waals surface area contributed by atoms with Gasteiger partial charge in [-0.3, -0.25) is 4.79 Å². The van der Waals surface area contributed by atoms with Gasteiger partial charge in [-0.05, 0) is 55.4 Å². The Hall–Kier alpha value is -2.38. The summed E-state index contributed by atoms with van der Waals surface area (Å²) in [5.74, 6) is 1.30.